The van der Waals surface area contributed by atoms with Crippen LogP contribution >= 0.6 is 45.2 Å². The monoisotopic (exact) mass is 734 g/mol. The summed E-state index contributed by atoms with van der Waals surface area (Å²) in [5.74, 6) is -15.2. The highest BCUT2D eigenvalue weighted by Gasteiger charge is 2.26. The van der Waals surface area contributed by atoms with Gasteiger partial charge in [-0.1, -0.05) is 0 Å². The highest BCUT2D eigenvalue weighted by Crippen LogP contribution is 2.35. The Kier molecular flexibility index (Phi) is 9.26. The molecule has 0 bridgehead atoms. The SMILES string of the molecule is Fc1c(F)c(N=Nc2c(F)c(F)c(I)c(F)c2F)c(F)c(F)c1I.c1cc(-c2ccncc2)ccn1. The largest absolute Gasteiger partial charge is 0.265 e. The van der Waals surface area contributed by atoms with Crippen LogP contribution in [0.4, 0.5) is 46.5 Å². The van der Waals surface area contributed by atoms with E-state index in [1.165, 1.54) is 11.1 Å². The quantitative estimate of drug-likeness (QED) is 0.0697. The van der Waals surface area contributed by atoms with E-state index in [0.29, 0.717) is 0 Å². The van der Waals surface area contributed by atoms with Crippen molar-refractivity contribution >= 4 is 56.6 Å². The minimum absolute atomic E-state index is 0.977. The van der Waals surface area contributed by atoms with Gasteiger partial charge in [-0.05, 0) is 80.6 Å². The molecular weight excluding hydrogens is 726 g/mol. The molecule has 0 saturated carbocycles. The molecule has 14 heteroatoms. The molecular formula is C22H8F8I2N4. The Balaban J connectivity index is 0.000000249. The molecule has 2 aromatic heterocycles. The molecule has 186 valence electrons. The van der Waals surface area contributed by atoms with Crippen LogP contribution in [0.15, 0.2) is 59.3 Å². The van der Waals surface area contributed by atoms with Crippen molar-refractivity contribution in [2.75, 3.05) is 0 Å². The zero-order chi connectivity index (χ0) is 26.6. The summed E-state index contributed by atoms with van der Waals surface area (Å²) in [4.78, 5) is 7.91. The number of hydrogen-bond donors (Lipinski definition) is 0. The third-order valence-corrected chi connectivity index (χ3v) is 6.21. The molecule has 0 aliphatic heterocycles. The van der Waals surface area contributed by atoms with Crippen molar-refractivity contribution in [2.45, 2.75) is 0 Å². The molecule has 0 radical (unpaired) electrons. The molecule has 2 aromatic carbocycles. The van der Waals surface area contributed by atoms with Crippen LogP contribution in [0.2, 0.25) is 0 Å². The lowest BCUT2D eigenvalue weighted by atomic mass is 10.1. The number of azo groups is 1. The van der Waals surface area contributed by atoms with Gasteiger partial charge in [0.1, 0.15) is 0 Å². The minimum atomic E-state index is -1.99. The first kappa shape index (κ1) is 27.8. The Labute approximate surface area is 224 Å². The summed E-state index contributed by atoms with van der Waals surface area (Å²) in [5.41, 5.74) is -0.952. The second-order valence-corrected chi connectivity index (χ2v) is 8.67. The summed E-state index contributed by atoms with van der Waals surface area (Å²) >= 11 is 1.95. The molecule has 0 fully saturated rings. The summed E-state index contributed by atoms with van der Waals surface area (Å²) in [6.45, 7) is 0. The van der Waals surface area contributed by atoms with E-state index in [1.807, 2.05) is 24.3 Å². The molecule has 0 aliphatic rings. The van der Waals surface area contributed by atoms with Gasteiger partial charge in [-0.15, -0.1) is 10.2 Å². The van der Waals surface area contributed by atoms with E-state index in [9.17, 15) is 35.1 Å². The second-order valence-electron chi connectivity index (χ2n) is 6.51. The predicted octanol–water partition coefficient (Wildman–Crippen LogP) is 8.57. The molecule has 4 nitrogen and oxygen atoms in total. The normalized spacial score (nSPS) is 10.9. The third-order valence-electron chi connectivity index (χ3n) is 4.32. The van der Waals surface area contributed by atoms with Crippen LogP contribution < -0.4 is 0 Å². The summed E-state index contributed by atoms with van der Waals surface area (Å²) in [7, 11) is 0. The van der Waals surface area contributed by atoms with Gasteiger partial charge in [-0.25, -0.2) is 35.1 Å². The molecule has 36 heavy (non-hydrogen) atoms. The lowest BCUT2D eigenvalue weighted by molar-refractivity contribution is 0.444. The van der Waals surface area contributed by atoms with Crippen LogP contribution in [0.1, 0.15) is 0 Å². The second kappa shape index (κ2) is 12.0. The van der Waals surface area contributed by atoms with Crippen molar-refractivity contribution < 1.29 is 35.1 Å². The number of pyridine rings is 2. The number of rotatable bonds is 3. The Morgan fingerprint density at radius 1 is 0.444 bits per heavy atom. The molecule has 4 aromatic rings. The lowest BCUT2D eigenvalue weighted by Gasteiger charge is -2.06. The molecule has 0 amide bonds. The fourth-order valence-electron chi connectivity index (χ4n) is 2.55. The third kappa shape index (κ3) is 5.79. The zero-order valence-corrected chi connectivity index (χ0v) is 21.5. The van der Waals surface area contributed by atoms with Gasteiger partial charge in [-0.2, -0.15) is 0 Å². The summed E-state index contributed by atoms with van der Waals surface area (Å²) in [5, 5.41) is 5.30. The average Bonchev–Trinajstić information content (AvgIpc) is 2.91. The van der Waals surface area contributed by atoms with Gasteiger partial charge in [0.15, 0.2) is 57.9 Å². The van der Waals surface area contributed by atoms with E-state index in [-0.39, 0.29) is 0 Å². The van der Waals surface area contributed by atoms with Crippen molar-refractivity contribution in [2.24, 2.45) is 10.2 Å². The molecule has 0 unspecified atom stereocenters. The summed E-state index contributed by atoms with van der Waals surface area (Å²) in [6.07, 6.45) is 7.15. The number of benzene rings is 2. The number of halogens is 10. The van der Waals surface area contributed by atoms with Gasteiger partial charge < -0.3 is 0 Å². The van der Waals surface area contributed by atoms with E-state index in [1.54, 1.807) is 24.8 Å². The zero-order valence-electron chi connectivity index (χ0n) is 17.2. The first-order valence-corrected chi connectivity index (χ1v) is 11.5. The van der Waals surface area contributed by atoms with Crippen molar-refractivity contribution in [1.82, 2.24) is 9.97 Å². The first-order chi connectivity index (χ1) is 17.1. The van der Waals surface area contributed by atoms with Crippen LogP contribution in [0, 0.1) is 53.7 Å². The van der Waals surface area contributed by atoms with Crippen molar-refractivity contribution in [1.29, 1.82) is 0 Å². The van der Waals surface area contributed by atoms with Crippen LogP contribution in [-0.4, -0.2) is 9.97 Å². The van der Waals surface area contributed by atoms with Gasteiger partial charge in [0.05, 0.1) is 7.14 Å². The highest BCUT2D eigenvalue weighted by atomic mass is 127. The Morgan fingerprint density at radius 2 is 0.694 bits per heavy atom. The maximum atomic E-state index is 13.6. The topological polar surface area (TPSA) is 50.5 Å². The van der Waals surface area contributed by atoms with Crippen molar-refractivity contribution in [3.05, 3.63) is 103 Å². The molecule has 4 rings (SSSR count). The number of hydrogen-bond acceptors (Lipinski definition) is 4. The maximum absolute atomic E-state index is 13.6. The van der Waals surface area contributed by atoms with E-state index >= 15 is 0 Å². The lowest BCUT2D eigenvalue weighted by Crippen LogP contribution is -2.00. The fraction of sp³-hybridized carbons (Fsp3) is 0. The van der Waals surface area contributed by atoms with Gasteiger partial charge in [0.25, 0.3) is 0 Å². The van der Waals surface area contributed by atoms with E-state index in [0.717, 1.165) is 45.2 Å². The van der Waals surface area contributed by atoms with E-state index in [2.05, 4.69) is 20.2 Å². The van der Waals surface area contributed by atoms with Gasteiger partial charge in [0.2, 0.25) is 0 Å². The molecule has 0 spiro atoms. The van der Waals surface area contributed by atoms with Crippen molar-refractivity contribution in [3.8, 4) is 11.1 Å². The van der Waals surface area contributed by atoms with E-state index in [4.69, 9.17) is 0 Å². The highest BCUT2D eigenvalue weighted by molar-refractivity contribution is 14.1. The summed E-state index contributed by atoms with van der Waals surface area (Å²) in [6, 6.07) is 7.93. The Bertz CT molecular complexity index is 1270. The smallest absolute Gasteiger partial charge is 0.190 e. The van der Waals surface area contributed by atoms with Gasteiger partial charge in [-0.3, -0.25) is 9.97 Å². The molecule has 0 saturated heterocycles. The fourth-order valence-corrected chi connectivity index (χ4v) is 3.50. The molecule has 0 aliphatic carbocycles. The average molecular weight is 734 g/mol. The number of aromatic nitrogens is 2. The van der Waals surface area contributed by atoms with Gasteiger partial charge in [0, 0.05) is 24.8 Å². The Morgan fingerprint density at radius 3 is 0.944 bits per heavy atom. The maximum Gasteiger partial charge on any atom is 0.190 e. The number of nitrogens with zero attached hydrogens (tertiary/aromatic N) is 4. The molecule has 0 N–H and O–H groups in total. The van der Waals surface area contributed by atoms with Crippen molar-refractivity contribution in [3.63, 3.8) is 0 Å². The molecule has 0 atom stereocenters. The molecule has 2 heterocycles. The first-order valence-electron chi connectivity index (χ1n) is 9.31. The van der Waals surface area contributed by atoms with Crippen LogP contribution in [0.3, 0.4) is 0 Å². The minimum Gasteiger partial charge on any atom is -0.265 e. The van der Waals surface area contributed by atoms with Crippen LogP contribution in [-0.2, 0) is 0 Å². The van der Waals surface area contributed by atoms with Crippen LogP contribution in [0.25, 0.3) is 11.1 Å². The standard InChI is InChI=1S/C12F8I2N2.C10H8N2/c13-1-5(17)11(6(18)2(14)9(1)21)23-24-12-7(19)3(15)10(22)4(16)8(12)20;1-5-11-6-2-9(1)10-3-7-12-8-4-10/h;1-8H. The van der Waals surface area contributed by atoms with Gasteiger partial charge >= 0.3 is 0 Å². The summed E-state index contributed by atoms with van der Waals surface area (Å²) < 4.78 is 106. The Hall–Kier alpha value is -2.76. The van der Waals surface area contributed by atoms with E-state index < -0.39 is 65.1 Å². The van der Waals surface area contributed by atoms with Crippen LogP contribution in [0.5, 0.6) is 0 Å². The predicted molar refractivity (Wildman–Crippen MR) is 130 cm³/mol.